The van der Waals surface area contributed by atoms with E-state index in [4.69, 9.17) is 0 Å². The molecule has 18 heavy (non-hydrogen) atoms. The second-order valence-corrected chi connectivity index (χ2v) is 5.15. The summed E-state index contributed by atoms with van der Waals surface area (Å²) in [6, 6.07) is 5.86. The van der Waals surface area contributed by atoms with Crippen LogP contribution in [0.15, 0.2) is 36.8 Å². The minimum atomic E-state index is 0.863. The van der Waals surface area contributed by atoms with Gasteiger partial charge in [0.1, 0.15) is 0 Å². The number of anilines is 1. The summed E-state index contributed by atoms with van der Waals surface area (Å²) in [5.74, 6) is 2.68. The zero-order valence-corrected chi connectivity index (χ0v) is 10.0. The zero-order chi connectivity index (χ0) is 11.9. The summed E-state index contributed by atoms with van der Waals surface area (Å²) in [5.41, 5.74) is 1.90. The molecule has 0 bridgehead atoms. The van der Waals surface area contributed by atoms with Gasteiger partial charge in [0.25, 0.3) is 0 Å². The highest BCUT2D eigenvalue weighted by molar-refractivity contribution is 5.57. The van der Waals surface area contributed by atoms with Crippen molar-refractivity contribution < 1.29 is 0 Å². The fourth-order valence-corrected chi connectivity index (χ4v) is 2.71. The average molecular weight is 238 g/mol. The zero-order valence-electron chi connectivity index (χ0n) is 10.0. The summed E-state index contributed by atoms with van der Waals surface area (Å²) in [6.45, 7) is 2.27. The third-order valence-corrected chi connectivity index (χ3v) is 3.86. The van der Waals surface area contributed by atoms with Crippen LogP contribution in [0.4, 0.5) is 5.95 Å². The van der Waals surface area contributed by atoms with Gasteiger partial charge in [-0.2, -0.15) is 0 Å². The lowest BCUT2D eigenvalue weighted by Gasteiger charge is -2.17. The molecule has 1 saturated carbocycles. The first-order valence-electron chi connectivity index (χ1n) is 6.38. The van der Waals surface area contributed by atoms with E-state index >= 15 is 0 Å². The summed E-state index contributed by atoms with van der Waals surface area (Å²) in [6.07, 6.45) is 6.93. The van der Waals surface area contributed by atoms with E-state index in [0.717, 1.165) is 42.1 Å². The van der Waals surface area contributed by atoms with Crippen LogP contribution in [0.3, 0.4) is 0 Å². The van der Waals surface area contributed by atoms with Crippen LogP contribution in [-0.2, 0) is 0 Å². The number of rotatable bonds is 2. The quantitative estimate of drug-likeness (QED) is 0.802. The largest absolute Gasteiger partial charge is 0.340 e. The maximum atomic E-state index is 4.47. The van der Waals surface area contributed by atoms with E-state index in [2.05, 4.69) is 19.9 Å². The first-order chi connectivity index (χ1) is 8.90. The van der Waals surface area contributed by atoms with Gasteiger partial charge in [-0.1, -0.05) is 6.07 Å². The van der Waals surface area contributed by atoms with E-state index in [1.165, 1.54) is 6.42 Å². The van der Waals surface area contributed by atoms with Gasteiger partial charge in [0, 0.05) is 37.2 Å². The Labute approximate surface area is 106 Å². The third kappa shape index (κ3) is 1.65. The molecule has 2 unspecified atom stereocenters. The number of hydrogen-bond donors (Lipinski definition) is 0. The predicted octanol–water partition coefficient (Wildman–Crippen LogP) is 1.99. The van der Waals surface area contributed by atoms with Crippen molar-refractivity contribution >= 4 is 5.95 Å². The topological polar surface area (TPSA) is 41.9 Å². The van der Waals surface area contributed by atoms with Gasteiger partial charge in [0.2, 0.25) is 5.95 Å². The molecule has 2 atom stereocenters. The van der Waals surface area contributed by atoms with Gasteiger partial charge in [-0.25, -0.2) is 9.97 Å². The SMILES string of the molecule is c1ccc(-c2cnc(N3CC4CC4C3)nc2)nc1. The smallest absolute Gasteiger partial charge is 0.225 e. The van der Waals surface area contributed by atoms with Crippen molar-refractivity contribution in [2.24, 2.45) is 11.8 Å². The van der Waals surface area contributed by atoms with Crippen molar-refractivity contribution in [1.29, 1.82) is 0 Å². The van der Waals surface area contributed by atoms with E-state index < -0.39 is 0 Å². The number of aromatic nitrogens is 3. The molecule has 2 fully saturated rings. The molecule has 0 amide bonds. The molecule has 0 N–H and O–H groups in total. The average Bonchev–Trinajstić information content (AvgIpc) is 3.06. The molecule has 0 radical (unpaired) electrons. The number of piperidine rings is 1. The lowest BCUT2D eigenvalue weighted by atomic mass is 10.2. The van der Waals surface area contributed by atoms with Crippen LogP contribution in [0.1, 0.15) is 6.42 Å². The molecule has 2 aromatic heterocycles. The standard InChI is InChI=1S/C14H14N4/c1-2-4-15-13(3-1)12-6-16-14(17-7-12)18-8-10-5-11(10)9-18/h1-4,6-7,10-11H,5,8-9H2. The van der Waals surface area contributed by atoms with E-state index in [1.54, 1.807) is 6.20 Å². The van der Waals surface area contributed by atoms with Crippen molar-refractivity contribution in [3.8, 4) is 11.3 Å². The molecule has 90 valence electrons. The lowest BCUT2D eigenvalue weighted by Crippen LogP contribution is -2.23. The minimum Gasteiger partial charge on any atom is -0.340 e. The molecule has 1 saturated heterocycles. The van der Waals surface area contributed by atoms with E-state index in [9.17, 15) is 0 Å². The molecule has 0 aromatic carbocycles. The predicted molar refractivity (Wildman–Crippen MR) is 69.1 cm³/mol. The first kappa shape index (κ1) is 10.00. The van der Waals surface area contributed by atoms with Crippen molar-refractivity contribution in [2.45, 2.75) is 6.42 Å². The molecule has 0 spiro atoms. The van der Waals surface area contributed by atoms with Crippen LogP contribution >= 0.6 is 0 Å². The molecule has 1 aliphatic heterocycles. The molecule has 3 heterocycles. The normalized spacial score (nSPS) is 25.0. The Kier molecular flexibility index (Phi) is 2.09. The Bertz CT molecular complexity index is 542. The molecule has 4 nitrogen and oxygen atoms in total. The van der Waals surface area contributed by atoms with Crippen LogP contribution in [0, 0.1) is 11.8 Å². The molecule has 4 heteroatoms. The van der Waals surface area contributed by atoms with Gasteiger partial charge < -0.3 is 4.90 Å². The monoisotopic (exact) mass is 238 g/mol. The van der Waals surface area contributed by atoms with Crippen molar-refractivity contribution in [1.82, 2.24) is 15.0 Å². The molecule has 1 aliphatic carbocycles. The first-order valence-corrected chi connectivity index (χ1v) is 6.38. The van der Waals surface area contributed by atoms with Crippen molar-refractivity contribution in [2.75, 3.05) is 18.0 Å². The number of pyridine rings is 1. The Morgan fingerprint density at radius 2 is 1.78 bits per heavy atom. The lowest BCUT2D eigenvalue weighted by molar-refractivity contribution is 0.787. The Morgan fingerprint density at radius 1 is 1.00 bits per heavy atom. The maximum Gasteiger partial charge on any atom is 0.225 e. The molecule has 4 rings (SSSR count). The van der Waals surface area contributed by atoms with Gasteiger partial charge in [0.15, 0.2) is 0 Å². The van der Waals surface area contributed by atoms with Gasteiger partial charge in [-0.05, 0) is 30.4 Å². The molecule has 2 aromatic rings. The maximum absolute atomic E-state index is 4.47. The van der Waals surface area contributed by atoms with Gasteiger partial charge in [0.05, 0.1) is 5.69 Å². The van der Waals surface area contributed by atoms with Crippen molar-refractivity contribution in [3.05, 3.63) is 36.8 Å². The van der Waals surface area contributed by atoms with Crippen LogP contribution in [0.25, 0.3) is 11.3 Å². The highest BCUT2D eigenvalue weighted by Gasteiger charge is 2.45. The van der Waals surface area contributed by atoms with Crippen molar-refractivity contribution in [3.63, 3.8) is 0 Å². The number of fused-ring (bicyclic) bond motifs is 1. The highest BCUT2D eigenvalue weighted by atomic mass is 15.3. The van der Waals surface area contributed by atoms with Crippen LogP contribution in [-0.4, -0.2) is 28.0 Å². The van der Waals surface area contributed by atoms with E-state index in [0.29, 0.717) is 0 Å². The van der Waals surface area contributed by atoms with Crippen LogP contribution < -0.4 is 4.90 Å². The summed E-state index contributed by atoms with van der Waals surface area (Å²) in [5, 5.41) is 0. The summed E-state index contributed by atoms with van der Waals surface area (Å²) in [7, 11) is 0. The van der Waals surface area contributed by atoms with Crippen LogP contribution in [0.2, 0.25) is 0 Å². The highest BCUT2D eigenvalue weighted by Crippen LogP contribution is 2.45. The van der Waals surface area contributed by atoms with Gasteiger partial charge in [-0.3, -0.25) is 4.98 Å². The fourth-order valence-electron chi connectivity index (χ4n) is 2.71. The molecular formula is C14H14N4. The minimum absolute atomic E-state index is 0.863. The second kappa shape index (κ2) is 3.77. The van der Waals surface area contributed by atoms with E-state index in [1.807, 2.05) is 30.6 Å². The number of hydrogen-bond acceptors (Lipinski definition) is 4. The Hall–Kier alpha value is -1.97. The van der Waals surface area contributed by atoms with Crippen LogP contribution in [0.5, 0.6) is 0 Å². The summed E-state index contributed by atoms with van der Waals surface area (Å²) in [4.78, 5) is 15.5. The van der Waals surface area contributed by atoms with E-state index in [-0.39, 0.29) is 0 Å². The summed E-state index contributed by atoms with van der Waals surface area (Å²) < 4.78 is 0. The second-order valence-electron chi connectivity index (χ2n) is 5.15. The fraction of sp³-hybridized carbons (Fsp3) is 0.357. The van der Waals surface area contributed by atoms with Gasteiger partial charge >= 0.3 is 0 Å². The molecule has 2 aliphatic rings. The summed E-state index contributed by atoms with van der Waals surface area (Å²) >= 11 is 0. The van der Waals surface area contributed by atoms with Gasteiger partial charge in [-0.15, -0.1) is 0 Å². The number of nitrogens with zero attached hydrogens (tertiary/aromatic N) is 4. The third-order valence-electron chi connectivity index (χ3n) is 3.86. The Balaban J connectivity index is 1.58. The molecular weight excluding hydrogens is 224 g/mol. The Morgan fingerprint density at radius 3 is 2.44 bits per heavy atom.